The monoisotopic (exact) mass is 226 g/mol. The maximum Gasteiger partial charge on any atom is 0.269 e. The number of carbonyl (C=O) groups is 1. The van der Waals surface area contributed by atoms with Crippen LogP contribution in [0.1, 0.15) is 17.4 Å². The average Bonchev–Trinajstić information content (AvgIpc) is 2.18. The maximum atomic E-state index is 10.7. The Morgan fingerprint density at radius 1 is 1.60 bits per heavy atom. The number of rotatable bonds is 5. The second-order valence-electron chi connectivity index (χ2n) is 3.17. The highest BCUT2D eigenvalue weighted by Crippen LogP contribution is 2.06. The first-order chi connectivity index (χ1) is 7.13. The molecule has 0 fully saturated rings. The summed E-state index contributed by atoms with van der Waals surface area (Å²) in [6, 6.07) is 3.57. The number of hydrogen-bond acceptors (Lipinski definition) is 5. The summed E-state index contributed by atoms with van der Waals surface area (Å²) in [6.07, 6.45) is 2.04. The standard InChI is InChI=1S/C9H14N4OS/c1-6(5-15-2)11-8-4-3-7(9(10)14)12-13-8/h3-4,6H,5H2,1-2H3,(H2,10,14)(H,11,13). The molecule has 1 heterocycles. The van der Waals surface area contributed by atoms with E-state index in [0.717, 1.165) is 5.75 Å². The van der Waals surface area contributed by atoms with Crippen LogP contribution in [0, 0.1) is 0 Å². The number of nitrogens with one attached hydrogen (secondary N) is 1. The molecule has 0 aromatic carbocycles. The van der Waals surface area contributed by atoms with Gasteiger partial charge in [-0.1, -0.05) is 0 Å². The molecule has 1 aromatic rings. The summed E-state index contributed by atoms with van der Waals surface area (Å²) in [5.41, 5.74) is 5.23. The molecule has 1 atom stereocenters. The van der Waals surface area contributed by atoms with Crippen LogP contribution < -0.4 is 11.1 Å². The SMILES string of the molecule is CSCC(C)Nc1ccc(C(N)=O)nn1. The van der Waals surface area contributed by atoms with E-state index in [0.29, 0.717) is 11.9 Å². The Morgan fingerprint density at radius 2 is 2.33 bits per heavy atom. The molecule has 0 saturated carbocycles. The van der Waals surface area contributed by atoms with Gasteiger partial charge in [-0.05, 0) is 25.3 Å². The lowest BCUT2D eigenvalue weighted by atomic mass is 10.3. The average molecular weight is 226 g/mol. The van der Waals surface area contributed by atoms with Gasteiger partial charge in [-0.15, -0.1) is 10.2 Å². The molecule has 15 heavy (non-hydrogen) atoms. The Labute approximate surface area is 92.8 Å². The lowest BCUT2D eigenvalue weighted by Crippen LogP contribution is -2.20. The third-order valence-corrected chi connectivity index (χ3v) is 2.56. The first-order valence-electron chi connectivity index (χ1n) is 4.52. The van der Waals surface area contributed by atoms with Gasteiger partial charge < -0.3 is 11.1 Å². The number of nitrogens with zero attached hydrogens (tertiary/aromatic N) is 2. The predicted octanol–water partition coefficient (Wildman–Crippen LogP) is 0.739. The molecule has 1 amide bonds. The van der Waals surface area contributed by atoms with E-state index in [9.17, 15) is 4.79 Å². The molecule has 1 aromatic heterocycles. The Hall–Kier alpha value is -1.30. The minimum atomic E-state index is -0.564. The van der Waals surface area contributed by atoms with Gasteiger partial charge in [-0.25, -0.2) is 0 Å². The van der Waals surface area contributed by atoms with Gasteiger partial charge in [0.25, 0.3) is 5.91 Å². The van der Waals surface area contributed by atoms with Gasteiger partial charge in [0.2, 0.25) is 0 Å². The van der Waals surface area contributed by atoms with E-state index in [1.807, 2.05) is 6.26 Å². The molecule has 5 nitrogen and oxygen atoms in total. The summed E-state index contributed by atoms with van der Waals surface area (Å²) in [6.45, 7) is 2.06. The van der Waals surface area contributed by atoms with Crippen molar-refractivity contribution in [3.63, 3.8) is 0 Å². The van der Waals surface area contributed by atoms with Crippen molar-refractivity contribution in [2.24, 2.45) is 5.73 Å². The van der Waals surface area contributed by atoms with Gasteiger partial charge in [0.1, 0.15) is 5.82 Å². The van der Waals surface area contributed by atoms with Crippen LogP contribution in [-0.2, 0) is 0 Å². The quantitative estimate of drug-likeness (QED) is 0.774. The van der Waals surface area contributed by atoms with Gasteiger partial charge in [0, 0.05) is 11.8 Å². The number of thioether (sulfide) groups is 1. The van der Waals surface area contributed by atoms with Crippen LogP contribution in [-0.4, -0.2) is 34.2 Å². The molecule has 0 radical (unpaired) electrons. The third kappa shape index (κ3) is 3.75. The van der Waals surface area contributed by atoms with Crippen molar-refractivity contribution in [3.8, 4) is 0 Å². The summed E-state index contributed by atoms with van der Waals surface area (Å²) in [5.74, 6) is 1.08. The van der Waals surface area contributed by atoms with Crippen molar-refractivity contribution in [1.82, 2.24) is 10.2 Å². The smallest absolute Gasteiger partial charge is 0.269 e. The van der Waals surface area contributed by atoms with Crippen LogP contribution in [0.25, 0.3) is 0 Å². The number of anilines is 1. The Morgan fingerprint density at radius 3 is 2.80 bits per heavy atom. The maximum absolute atomic E-state index is 10.7. The zero-order chi connectivity index (χ0) is 11.3. The highest BCUT2D eigenvalue weighted by molar-refractivity contribution is 7.98. The molecule has 1 unspecified atom stereocenters. The van der Waals surface area contributed by atoms with E-state index < -0.39 is 5.91 Å². The van der Waals surface area contributed by atoms with Gasteiger partial charge in [-0.2, -0.15) is 11.8 Å². The lowest BCUT2D eigenvalue weighted by Gasteiger charge is -2.12. The fourth-order valence-corrected chi connectivity index (χ4v) is 1.67. The number of aromatic nitrogens is 2. The van der Waals surface area contributed by atoms with Gasteiger partial charge in [-0.3, -0.25) is 4.79 Å². The van der Waals surface area contributed by atoms with Crippen molar-refractivity contribution >= 4 is 23.5 Å². The van der Waals surface area contributed by atoms with Crippen LogP contribution >= 0.6 is 11.8 Å². The molecule has 6 heteroatoms. The van der Waals surface area contributed by atoms with Crippen molar-refractivity contribution in [2.45, 2.75) is 13.0 Å². The number of hydrogen-bond donors (Lipinski definition) is 2. The van der Waals surface area contributed by atoms with Crippen LogP contribution in [0.3, 0.4) is 0 Å². The number of primary amides is 1. The predicted molar refractivity (Wildman–Crippen MR) is 62.0 cm³/mol. The second kappa shape index (κ2) is 5.55. The molecule has 0 bridgehead atoms. The van der Waals surface area contributed by atoms with Crippen molar-refractivity contribution < 1.29 is 4.79 Å². The molecule has 3 N–H and O–H groups in total. The lowest BCUT2D eigenvalue weighted by molar-refractivity contribution is 0.0994. The largest absolute Gasteiger partial charge is 0.365 e. The van der Waals surface area contributed by atoms with Gasteiger partial charge >= 0.3 is 0 Å². The molecular weight excluding hydrogens is 212 g/mol. The summed E-state index contributed by atoms with van der Waals surface area (Å²) >= 11 is 1.75. The Kier molecular flexibility index (Phi) is 4.36. The van der Waals surface area contributed by atoms with Crippen LogP contribution in [0.2, 0.25) is 0 Å². The fourth-order valence-electron chi connectivity index (χ4n) is 1.08. The van der Waals surface area contributed by atoms with Crippen LogP contribution in [0.15, 0.2) is 12.1 Å². The zero-order valence-electron chi connectivity index (χ0n) is 8.73. The third-order valence-electron chi connectivity index (χ3n) is 1.73. The van der Waals surface area contributed by atoms with Crippen molar-refractivity contribution in [2.75, 3.05) is 17.3 Å². The van der Waals surface area contributed by atoms with Gasteiger partial charge in [0.05, 0.1) is 0 Å². The molecule has 0 aliphatic carbocycles. The van der Waals surface area contributed by atoms with E-state index in [1.54, 1.807) is 23.9 Å². The summed E-state index contributed by atoms with van der Waals surface area (Å²) in [7, 11) is 0. The first-order valence-corrected chi connectivity index (χ1v) is 5.92. The molecule has 0 saturated heterocycles. The number of carbonyl (C=O) groups excluding carboxylic acids is 1. The summed E-state index contributed by atoms with van der Waals surface area (Å²) in [5, 5.41) is 10.7. The van der Waals surface area contributed by atoms with Crippen LogP contribution in [0.4, 0.5) is 5.82 Å². The second-order valence-corrected chi connectivity index (χ2v) is 4.08. The number of nitrogens with two attached hydrogens (primary N) is 1. The van der Waals surface area contributed by atoms with Crippen molar-refractivity contribution in [1.29, 1.82) is 0 Å². The highest BCUT2D eigenvalue weighted by Gasteiger charge is 2.05. The topological polar surface area (TPSA) is 80.9 Å². The highest BCUT2D eigenvalue weighted by atomic mass is 32.2. The zero-order valence-corrected chi connectivity index (χ0v) is 9.54. The Balaban J connectivity index is 2.60. The van der Waals surface area contributed by atoms with E-state index in [4.69, 9.17) is 5.73 Å². The van der Waals surface area contributed by atoms with Crippen LogP contribution in [0.5, 0.6) is 0 Å². The van der Waals surface area contributed by atoms with E-state index in [1.165, 1.54) is 0 Å². The first kappa shape index (κ1) is 11.8. The van der Waals surface area contributed by atoms with E-state index in [2.05, 4.69) is 22.4 Å². The van der Waals surface area contributed by atoms with E-state index >= 15 is 0 Å². The van der Waals surface area contributed by atoms with Crippen molar-refractivity contribution in [3.05, 3.63) is 17.8 Å². The summed E-state index contributed by atoms with van der Waals surface area (Å²) < 4.78 is 0. The number of amides is 1. The molecule has 1 rings (SSSR count). The minimum Gasteiger partial charge on any atom is -0.365 e. The van der Waals surface area contributed by atoms with E-state index in [-0.39, 0.29) is 5.69 Å². The molecule has 0 spiro atoms. The fraction of sp³-hybridized carbons (Fsp3) is 0.444. The normalized spacial score (nSPS) is 12.1. The minimum absolute atomic E-state index is 0.179. The Bertz CT molecular complexity index is 327. The summed E-state index contributed by atoms with van der Waals surface area (Å²) in [4.78, 5) is 10.7. The molecule has 0 aliphatic rings. The molecular formula is C9H14N4OS. The molecule has 82 valence electrons. The van der Waals surface area contributed by atoms with Gasteiger partial charge in [0.15, 0.2) is 5.69 Å². The molecule has 0 aliphatic heterocycles.